The number of carbonyl (C=O) groups excluding carboxylic acids is 2. The molecule has 0 aliphatic carbocycles. The van der Waals surface area contributed by atoms with Gasteiger partial charge in [-0.15, -0.1) is 0 Å². The predicted octanol–water partition coefficient (Wildman–Crippen LogP) is 7.72. The number of anilines is 1. The Hall–Kier alpha value is -3.47. The molecule has 3 aromatic carbocycles. The number of carbonyl (C=O) groups is 2. The monoisotopic (exact) mass is 569 g/mol. The summed E-state index contributed by atoms with van der Waals surface area (Å²) < 4.78 is 31.3. The maximum Gasteiger partial charge on any atom is 0.331 e. The fourth-order valence-electron chi connectivity index (χ4n) is 5.49. The van der Waals surface area contributed by atoms with Crippen LogP contribution < -0.4 is 4.90 Å². The quantitative estimate of drug-likeness (QED) is 0.295. The number of likely N-dealkylation sites (tertiary alicyclic amines) is 1. The summed E-state index contributed by atoms with van der Waals surface area (Å²) >= 11 is 12.2. The van der Waals surface area contributed by atoms with Crippen molar-refractivity contribution in [1.29, 1.82) is 5.26 Å². The molecule has 202 valence electrons. The number of para-hydroxylation sites is 1. The molecule has 0 saturated carbocycles. The number of rotatable bonds is 5. The Kier molecular flexibility index (Phi) is 8.02. The predicted molar refractivity (Wildman–Crippen MR) is 148 cm³/mol. The van der Waals surface area contributed by atoms with Crippen molar-refractivity contribution < 1.29 is 18.4 Å². The zero-order valence-electron chi connectivity index (χ0n) is 21.7. The summed E-state index contributed by atoms with van der Waals surface area (Å²) in [5.41, 5.74) is -1.81. The zero-order chi connectivity index (χ0) is 28.5. The highest BCUT2D eigenvalue weighted by Crippen LogP contribution is 2.54. The summed E-state index contributed by atoms with van der Waals surface area (Å²) in [6, 6.07) is 17.4. The maximum atomic E-state index is 15.7. The minimum atomic E-state index is -1.74. The van der Waals surface area contributed by atoms with Gasteiger partial charge in [0.2, 0.25) is 6.41 Å². The van der Waals surface area contributed by atoms with E-state index in [1.165, 1.54) is 29.2 Å². The van der Waals surface area contributed by atoms with Gasteiger partial charge in [-0.25, -0.2) is 18.5 Å². The third-order valence-corrected chi connectivity index (χ3v) is 7.67. The largest absolute Gasteiger partial charge is 0.331 e. The number of imide groups is 1. The minimum Gasteiger partial charge on any atom is -0.318 e. The van der Waals surface area contributed by atoms with Crippen molar-refractivity contribution in [2.75, 3.05) is 11.4 Å². The molecule has 4 rings (SSSR count). The average Bonchev–Trinajstić information content (AvgIpc) is 3.19. The Labute approximate surface area is 236 Å². The van der Waals surface area contributed by atoms with Gasteiger partial charge in [0.1, 0.15) is 17.0 Å². The van der Waals surface area contributed by atoms with Gasteiger partial charge in [0.25, 0.3) is 0 Å². The van der Waals surface area contributed by atoms with Gasteiger partial charge in [-0.05, 0) is 47.7 Å². The van der Waals surface area contributed by atoms with Crippen molar-refractivity contribution in [2.45, 2.75) is 44.6 Å². The molecule has 3 aromatic rings. The first kappa shape index (κ1) is 28.5. The second-order valence-electron chi connectivity index (χ2n) is 10.8. The van der Waals surface area contributed by atoms with Crippen LogP contribution in [-0.2, 0) is 10.2 Å². The number of nitrogens with zero attached hydrogens (tertiary/aromatic N) is 3. The van der Waals surface area contributed by atoms with E-state index in [1.54, 1.807) is 36.4 Å². The lowest BCUT2D eigenvalue weighted by Gasteiger charge is -2.40. The topological polar surface area (TPSA) is 64.4 Å². The summed E-state index contributed by atoms with van der Waals surface area (Å²) in [4.78, 5) is 28.6. The number of halogens is 4. The highest BCUT2D eigenvalue weighted by molar-refractivity contribution is 6.31. The number of benzene rings is 3. The lowest BCUT2D eigenvalue weighted by Crippen LogP contribution is -2.51. The Morgan fingerprint density at radius 2 is 1.82 bits per heavy atom. The molecule has 0 N–H and O–H groups in total. The number of urea groups is 1. The molecule has 3 amide bonds. The average molecular weight is 570 g/mol. The first-order valence-electron chi connectivity index (χ1n) is 12.4. The molecule has 1 saturated heterocycles. The zero-order valence-corrected chi connectivity index (χ0v) is 23.2. The van der Waals surface area contributed by atoms with Gasteiger partial charge >= 0.3 is 6.03 Å². The van der Waals surface area contributed by atoms with E-state index >= 15 is 8.78 Å². The Morgan fingerprint density at radius 1 is 1.13 bits per heavy atom. The lowest BCUT2D eigenvalue weighted by molar-refractivity contribution is -0.107. The van der Waals surface area contributed by atoms with Crippen LogP contribution in [0.25, 0.3) is 0 Å². The number of hydrogen-bond donors (Lipinski definition) is 0. The van der Waals surface area contributed by atoms with Crippen LogP contribution in [-0.4, -0.2) is 29.9 Å². The van der Waals surface area contributed by atoms with Crippen molar-refractivity contribution in [2.24, 2.45) is 5.41 Å². The molecule has 0 bridgehead atoms. The molecular weight excluding hydrogens is 543 g/mol. The van der Waals surface area contributed by atoms with Crippen LogP contribution in [0.3, 0.4) is 0 Å². The van der Waals surface area contributed by atoms with Gasteiger partial charge in [0.15, 0.2) is 0 Å². The second-order valence-corrected chi connectivity index (χ2v) is 11.7. The van der Waals surface area contributed by atoms with E-state index in [0.717, 1.165) is 11.0 Å². The molecule has 1 aliphatic rings. The molecule has 0 spiro atoms. The van der Waals surface area contributed by atoms with Crippen molar-refractivity contribution >= 4 is 41.3 Å². The summed E-state index contributed by atoms with van der Waals surface area (Å²) in [5.74, 6) is -2.52. The number of amides is 3. The van der Waals surface area contributed by atoms with E-state index in [0.29, 0.717) is 12.1 Å². The van der Waals surface area contributed by atoms with Crippen molar-refractivity contribution in [1.82, 2.24) is 4.90 Å². The summed E-state index contributed by atoms with van der Waals surface area (Å²) in [6.45, 7) is 5.62. The Balaban J connectivity index is 2.00. The molecular formula is C30H27Cl2F2N3O2. The fourth-order valence-corrected chi connectivity index (χ4v) is 5.83. The SMILES string of the molecule is CC(C)(C)CC1N(C(=O)N(C=O)c2ccccc2)CC(c2cccc(Cl)c2F)C1(C#N)c1ccc(Cl)cc1F. The summed E-state index contributed by atoms with van der Waals surface area (Å²) in [5, 5.41) is 10.9. The molecule has 9 heteroatoms. The first-order valence-corrected chi connectivity index (χ1v) is 13.1. The van der Waals surface area contributed by atoms with E-state index in [-0.39, 0.29) is 34.1 Å². The second kappa shape index (κ2) is 11.0. The van der Waals surface area contributed by atoms with Crippen LogP contribution in [0.15, 0.2) is 66.7 Å². The van der Waals surface area contributed by atoms with Gasteiger partial charge in [0, 0.05) is 23.0 Å². The third kappa shape index (κ3) is 5.24. The molecule has 3 unspecified atom stereocenters. The normalized spacial score (nSPS) is 20.9. The van der Waals surface area contributed by atoms with E-state index in [4.69, 9.17) is 23.2 Å². The van der Waals surface area contributed by atoms with Gasteiger partial charge in [-0.3, -0.25) is 4.79 Å². The number of hydrogen-bond acceptors (Lipinski definition) is 3. The third-order valence-electron chi connectivity index (χ3n) is 7.15. The highest BCUT2D eigenvalue weighted by Gasteiger charge is 2.60. The maximum absolute atomic E-state index is 15.7. The van der Waals surface area contributed by atoms with E-state index in [9.17, 15) is 14.9 Å². The van der Waals surface area contributed by atoms with Gasteiger partial charge in [0.05, 0.1) is 22.8 Å². The molecule has 1 aliphatic heterocycles. The van der Waals surface area contributed by atoms with E-state index in [1.807, 2.05) is 20.8 Å². The van der Waals surface area contributed by atoms with Crippen LogP contribution >= 0.6 is 23.2 Å². The van der Waals surface area contributed by atoms with E-state index in [2.05, 4.69) is 6.07 Å². The molecule has 39 heavy (non-hydrogen) atoms. The highest BCUT2D eigenvalue weighted by atomic mass is 35.5. The molecule has 0 aromatic heterocycles. The minimum absolute atomic E-state index is 0.0133. The van der Waals surface area contributed by atoms with Crippen molar-refractivity contribution in [3.8, 4) is 6.07 Å². The van der Waals surface area contributed by atoms with Gasteiger partial charge in [-0.2, -0.15) is 5.26 Å². The van der Waals surface area contributed by atoms with Crippen LogP contribution in [0.2, 0.25) is 10.0 Å². The molecule has 3 atom stereocenters. The van der Waals surface area contributed by atoms with Gasteiger partial charge < -0.3 is 4.90 Å². The summed E-state index contributed by atoms with van der Waals surface area (Å²) in [6.07, 6.45) is 0.643. The lowest BCUT2D eigenvalue weighted by atomic mass is 9.64. The molecule has 1 fully saturated rings. The van der Waals surface area contributed by atoms with Crippen LogP contribution in [0, 0.1) is 28.4 Å². The van der Waals surface area contributed by atoms with Crippen LogP contribution in [0.5, 0.6) is 0 Å². The first-order chi connectivity index (χ1) is 18.4. The van der Waals surface area contributed by atoms with Crippen molar-refractivity contribution in [3.05, 3.63) is 99.5 Å². The van der Waals surface area contributed by atoms with E-state index < -0.39 is 40.5 Å². The fraction of sp³-hybridized carbons (Fsp3) is 0.300. The molecule has 0 radical (unpaired) electrons. The van der Waals surface area contributed by atoms with Crippen LogP contribution in [0.1, 0.15) is 44.2 Å². The molecule has 1 heterocycles. The van der Waals surface area contributed by atoms with Crippen LogP contribution in [0.4, 0.5) is 19.3 Å². The smallest absolute Gasteiger partial charge is 0.318 e. The Bertz CT molecular complexity index is 1440. The standard InChI is InChI=1S/C30H27Cl2F2N3O2/c1-29(2,3)15-26-30(17-35,22-13-12-19(31)14-25(22)33)23(21-10-7-11-24(32)27(21)34)16-36(26)28(39)37(18-38)20-8-5-4-6-9-20/h4-14,18,23,26H,15-16H2,1-3H3. The van der Waals surface area contributed by atoms with Gasteiger partial charge in [-0.1, -0.05) is 80.4 Å². The number of nitriles is 1. The summed E-state index contributed by atoms with van der Waals surface area (Å²) in [7, 11) is 0. The molecule has 5 nitrogen and oxygen atoms in total. The van der Waals surface area contributed by atoms with Crippen molar-refractivity contribution in [3.63, 3.8) is 0 Å². The Morgan fingerprint density at radius 3 is 2.41 bits per heavy atom.